The lowest BCUT2D eigenvalue weighted by atomic mass is 10.1. The summed E-state index contributed by atoms with van der Waals surface area (Å²) in [4.78, 5) is 38.8. The van der Waals surface area contributed by atoms with Crippen LogP contribution in [0.5, 0.6) is 5.75 Å². The highest BCUT2D eigenvalue weighted by Crippen LogP contribution is 2.36. The second-order valence-corrected chi connectivity index (χ2v) is 11.1. The molecule has 2 N–H and O–H groups in total. The number of imide groups is 1. The second kappa shape index (κ2) is 12.2. The number of carbonyl (C=O) groups is 3. The minimum atomic E-state index is -0.647. The van der Waals surface area contributed by atoms with Gasteiger partial charge in [0.25, 0.3) is 5.91 Å². The molecule has 0 bridgehead atoms. The lowest BCUT2D eigenvalue weighted by Crippen LogP contribution is -2.38. The molecule has 1 aliphatic rings. The molecule has 3 aromatic rings. The fourth-order valence-electron chi connectivity index (χ4n) is 3.70. The Morgan fingerprint density at radius 2 is 1.76 bits per heavy atom. The number of urea groups is 1. The van der Waals surface area contributed by atoms with Crippen LogP contribution < -0.4 is 15.4 Å². The lowest BCUT2D eigenvalue weighted by Gasteiger charge is -2.13. The van der Waals surface area contributed by atoms with Crippen LogP contribution in [0.25, 0.3) is 6.08 Å². The number of halogens is 3. The number of aryl methyl sites for hydroxylation is 1. The molecule has 7 nitrogen and oxygen atoms in total. The Morgan fingerprint density at radius 1 is 1.08 bits per heavy atom. The fraction of sp³-hybridized carbons (Fsp3) is 0.148. The summed E-state index contributed by atoms with van der Waals surface area (Å²) in [6.45, 7) is 1.99. The van der Waals surface area contributed by atoms with Crippen LogP contribution in [0.2, 0.25) is 0 Å². The van der Waals surface area contributed by atoms with Crippen molar-refractivity contribution in [3.05, 3.63) is 95.6 Å². The summed E-state index contributed by atoms with van der Waals surface area (Å²) in [7, 11) is 0. The Bertz CT molecular complexity index is 1370. The van der Waals surface area contributed by atoms with Crippen LogP contribution in [-0.4, -0.2) is 29.3 Å². The number of hydrogen-bond acceptors (Lipinski definition) is 4. The molecule has 3 aromatic carbocycles. The first-order valence-electron chi connectivity index (χ1n) is 11.3. The SMILES string of the molecule is CCc1ccccc1NC(=O)CN1C(=O)N/C(=C/c2cc(Br)c(OCc3ccc(I)cc3)c(Br)c2)C1=O. The van der Waals surface area contributed by atoms with Crippen LogP contribution in [0, 0.1) is 3.57 Å². The third kappa shape index (κ3) is 6.79. The molecule has 0 spiro atoms. The minimum Gasteiger partial charge on any atom is -0.487 e. The van der Waals surface area contributed by atoms with Gasteiger partial charge in [-0.3, -0.25) is 9.59 Å². The topological polar surface area (TPSA) is 87.7 Å². The molecule has 1 saturated heterocycles. The van der Waals surface area contributed by atoms with Gasteiger partial charge in [0.1, 0.15) is 24.6 Å². The van der Waals surface area contributed by atoms with Gasteiger partial charge in [-0.05, 0) is 114 Å². The van der Waals surface area contributed by atoms with E-state index in [9.17, 15) is 14.4 Å². The maximum absolute atomic E-state index is 12.9. The zero-order chi connectivity index (χ0) is 26.5. The van der Waals surface area contributed by atoms with Gasteiger partial charge in [-0.2, -0.15) is 0 Å². The molecule has 0 saturated carbocycles. The standard InChI is InChI=1S/C27H22Br2IN3O4/c1-2-18-5-3-4-6-22(18)31-24(34)14-33-26(35)23(32-27(33)36)13-17-11-20(28)25(21(29)12-17)37-15-16-7-9-19(30)10-8-16/h3-13H,2,14-15H2,1H3,(H,31,34)(H,32,36)/b23-13+. The number of anilines is 1. The van der Waals surface area contributed by atoms with Crippen molar-refractivity contribution < 1.29 is 19.1 Å². The third-order valence-electron chi connectivity index (χ3n) is 5.56. The molecule has 4 amide bonds. The van der Waals surface area contributed by atoms with Crippen molar-refractivity contribution in [1.29, 1.82) is 0 Å². The Kier molecular flexibility index (Phi) is 9.04. The first-order valence-corrected chi connectivity index (χ1v) is 14.0. The van der Waals surface area contributed by atoms with E-state index in [0.717, 1.165) is 26.0 Å². The number of benzene rings is 3. The molecule has 1 aliphatic heterocycles. The van der Waals surface area contributed by atoms with Crippen LogP contribution >= 0.6 is 54.5 Å². The van der Waals surface area contributed by atoms with Crippen LogP contribution in [0.1, 0.15) is 23.6 Å². The van der Waals surface area contributed by atoms with Crippen LogP contribution in [0.15, 0.2) is 75.3 Å². The summed E-state index contributed by atoms with van der Waals surface area (Å²) >= 11 is 9.31. The average molecular weight is 739 g/mol. The number of hydrogen-bond donors (Lipinski definition) is 2. The Balaban J connectivity index is 1.44. The van der Waals surface area contributed by atoms with Gasteiger partial charge in [-0.25, -0.2) is 9.69 Å². The second-order valence-electron chi connectivity index (χ2n) is 8.17. The Labute approximate surface area is 245 Å². The van der Waals surface area contributed by atoms with Crippen LogP contribution in [0.3, 0.4) is 0 Å². The number of rotatable bonds is 8. The number of para-hydroxylation sites is 1. The summed E-state index contributed by atoms with van der Waals surface area (Å²) < 4.78 is 8.49. The smallest absolute Gasteiger partial charge is 0.329 e. The summed E-state index contributed by atoms with van der Waals surface area (Å²) in [6, 6.07) is 18.4. The van der Waals surface area contributed by atoms with Gasteiger partial charge in [0, 0.05) is 9.26 Å². The molecule has 0 radical (unpaired) electrons. The maximum Gasteiger partial charge on any atom is 0.329 e. The average Bonchev–Trinajstić information content (AvgIpc) is 3.12. The summed E-state index contributed by atoms with van der Waals surface area (Å²) in [5.41, 5.74) is 3.41. The van der Waals surface area contributed by atoms with E-state index >= 15 is 0 Å². The monoisotopic (exact) mass is 737 g/mol. The van der Waals surface area contributed by atoms with E-state index in [4.69, 9.17) is 4.74 Å². The molecule has 0 unspecified atom stereocenters. The highest BCUT2D eigenvalue weighted by atomic mass is 127. The molecule has 1 fully saturated rings. The quantitative estimate of drug-likeness (QED) is 0.157. The molecule has 190 valence electrons. The van der Waals surface area contributed by atoms with Crippen LogP contribution in [-0.2, 0) is 22.6 Å². The molecule has 37 heavy (non-hydrogen) atoms. The highest BCUT2D eigenvalue weighted by molar-refractivity contribution is 14.1. The van der Waals surface area contributed by atoms with Gasteiger partial charge < -0.3 is 15.4 Å². The summed E-state index contributed by atoms with van der Waals surface area (Å²) in [5, 5.41) is 5.34. The predicted octanol–water partition coefficient (Wildman–Crippen LogP) is 6.49. The largest absolute Gasteiger partial charge is 0.487 e. The van der Waals surface area contributed by atoms with Gasteiger partial charge in [0.05, 0.1) is 8.95 Å². The van der Waals surface area contributed by atoms with E-state index in [-0.39, 0.29) is 5.70 Å². The van der Waals surface area contributed by atoms with Crippen molar-refractivity contribution in [2.24, 2.45) is 0 Å². The molecular formula is C27H22Br2IN3O4. The van der Waals surface area contributed by atoms with E-state index in [1.165, 1.54) is 0 Å². The number of nitrogens with zero attached hydrogens (tertiary/aromatic N) is 1. The molecular weight excluding hydrogens is 717 g/mol. The van der Waals surface area contributed by atoms with Crippen molar-refractivity contribution in [3.8, 4) is 5.75 Å². The lowest BCUT2D eigenvalue weighted by molar-refractivity contribution is -0.127. The fourth-order valence-corrected chi connectivity index (χ4v) is 5.51. The number of amides is 4. The van der Waals surface area contributed by atoms with Crippen molar-refractivity contribution in [2.75, 3.05) is 11.9 Å². The first-order chi connectivity index (χ1) is 17.7. The molecule has 0 aromatic heterocycles. The van der Waals surface area contributed by atoms with E-state index < -0.39 is 24.4 Å². The van der Waals surface area contributed by atoms with Crippen molar-refractivity contribution >= 4 is 84.1 Å². The molecule has 10 heteroatoms. The molecule has 0 aliphatic carbocycles. The van der Waals surface area contributed by atoms with Crippen LogP contribution in [0.4, 0.5) is 10.5 Å². The zero-order valence-corrected chi connectivity index (χ0v) is 25.0. The predicted molar refractivity (Wildman–Crippen MR) is 158 cm³/mol. The van der Waals surface area contributed by atoms with Gasteiger partial charge >= 0.3 is 6.03 Å². The number of ether oxygens (including phenoxy) is 1. The molecule has 0 atom stereocenters. The Morgan fingerprint density at radius 3 is 2.43 bits per heavy atom. The molecule has 4 rings (SSSR count). The third-order valence-corrected chi connectivity index (χ3v) is 7.46. The van der Waals surface area contributed by atoms with Gasteiger partial charge in [0.15, 0.2) is 0 Å². The van der Waals surface area contributed by atoms with E-state index in [1.807, 2.05) is 49.4 Å². The number of carbonyl (C=O) groups excluding carboxylic acids is 3. The maximum atomic E-state index is 12.9. The van der Waals surface area contributed by atoms with Gasteiger partial charge in [0.2, 0.25) is 5.91 Å². The molecule has 1 heterocycles. The van der Waals surface area contributed by atoms with E-state index in [0.29, 0.717) is 32.6 Å². The van der Waals surface area contributed by atoms with Crippen molar-refractivity contribution in [1.82, 2.24) is 10.2 Å². The van der Waals surface area contributed by atoms with Crippen molar-refractivity contribution in [3.63, 3.8) is 0 Å². The van der Waals surface area contributed by atoms with E-state index in [1.54, 1.807) is 24.3 Å². The summed E-state index contributed by atoms with van der Waals surface area (Å²) in [5.74, 6) is -0.408. The summed E-state index contributed by atoms with van der Waals surface area (Å²) in [6.07, 6.45) is 2.30. The zero-order valence-electron chi connectivity index (χ0n) is 19.7. The van der Waals surface area contributed by atoms with Gasteiger partial charge in [-0.15, -0.1) is 0 Å². The first kappa shape index (κ1) is 27.3. The number of nitrogens with one attached hydrogen (secondary N) is 2. The van der Waals surface area contributed by atoms with E-state index in [2.05, 4.69) is 65.1 Å². The van der Waals surface area contributed by atoms with Crippen molar-refractivity contribution in [2.45, 2.75) is 20.0 Å². The normalized spacial score (nSPS) is 14.2. The van der Waals surface area contributed by atoms with Gasteiger partial charge in [-0.1, -0.05) is 37.3 Å². The minimum absolute atomic E-state index is 0.0816. The Hall–Kier alpha value is -2.70. The highest BCUT2D eigenvalue weighted by Gasteiger charge is 2.35.